The number of hydrogen-bond acceptors (Lipinski definition) is 3. The minimum Gasteiger partial charge on any atom is -0.392 e. The van der Waals surface area contributed by atoms with Gasteiger partial charge in [-0.25, -0.2) is 4.98 Å². The first-order valence-corrected chi connectivity index (χ1v) is 7.00. The van der Waals surface area contributed by atoms with Crippen LogP contribution in [0.15, 0.2) is 16.7 Å². The van der Waals surface area contributed by atoms with Crippen LogP contribution in [-0.2, 0) is 6.61 Å². The Bertz CT molecular complexity index is 397. The zero-order chi connectivity index (χ0) is 12.4. The van der Waals surface area contributed by atoms with Crippen LogP contribution in [0.1, 0.15) is 38.7 Å². The molecule has 3 nitrogen and oxygen atoms in total. The van der Waals surface area contributed by atoms with E-state index in [4.69, 9.17) is 0 Å². The lowest BCUT2D eigenvalue weighted by Gasteiger charge is -2.30. The van der Waals surface area contributed by atoms with Crippen LogP contribution in [0.25, 0.3) is 0 Å². The van der Waals surface area contributed by atoms with Gasteiger partial charge in [-0.2, -0.15) is 0 Å². The van der Waals surface area contributed by atoms with E-state index < -0.39 is 0 Å². The van der Waals surface area contributed by atoms with Crippen molar-refractivity contribution in [1.82, 2.24) is 4.98 Å². The SMILES string of the molecule is CCC1CCC(C)N1c1ncc(Br)cc1CO. The quantitative estimate of drug-likeness (QED) is 0.931. The normalized spacial score (nSPS) is 24.4. The molecular formula is C13H19BrN2O. The van der Waals surface area contributed by atoms with Crippen molar-refractivity contribution < 1.29 is 5.11 Å². The van der Waals surface area contributed by atoms with Gasteiger partial charge in [-0.1, -0.05) is 6.92 Å². The number of halogens is 1. The summed E-state index contributed by atoms with van der Waals surface area (Å²) in [4.78, 5) is 6.87. The van der Waals surface area contributed by atoms with Crippen molar-refractivity contribution in [2.75, 3.05) is 4.90 Å². The van der Waals surface area contributed by atoms with Crippen LogP contribution in [-0.4, -0.2) is 22.2 Å². The highest BCUT2D eigenvalue weighted by Crippen LogP contribution is 2.33. The van der Waals surface area contributed by atoms with Gasteiger partial charge in [-0.15, -0.1) is 0 Å². The molecule has 1 saturated heterocycles. The van der Waals surface area contributed by atoms with Gasteiger partial charge in [0, 0.05) is 28.3 Å². The predicted molar refractivity (Wildman–Crippen MR) is 73.1 cm³/mol. The van der Waals surface area contributed by atoms with Gasteiger partial charge >= 0.3 is 0 Å². The Kier molecular flexibility index (Phi) is 4.05. The fourth-order valence-corrected chi connectivity index (χ4v) is 3.06. The molecule has 2 unspecified atom stereocenters. The van der Waals surface area contributed by atoms with Gasteiger partial charge in [0.05, 0.1) is 6.61 Å². The minimum absolute atomic E-state index is 0.0431. The smallest absolute Gasteiger partial charge is 0.134 e. The standard InChI is InChI=1S/C13H19BrN2O/c1-3-12-5-4-9(2)16(12)13-10(8-17)6-11(14)7-15-13/h6-7,9,12,17H,3-5,8H2,1-2H3. The molecule has 1 fully saturated rings. The monoisotopic (exact) mass is 298 g/mol. The van der Waals surface area contributed by atoms with E-state index in [0.717, 1.165) is 22.3 Å². The molecular weight excluding hydrogens is 280 g/mol. The number of rotatable bonds is 3. The number of anilines is 1. The average Bonchev–Trinajstić information content (AvgIpc) is 2.70. The van der Waals surface area contributed by atoms with Crippen LogP contribution < -0.4 is 4.90 Å². The molecule has 1 aliphatic heterocycles. The van der Waals surface area contributed by atoms with Crippen molar-refractivity contribution in [1.29, 1.82) is 0 Å². The van der Waals surface area contributed by atoms with Crippen LogP contribution >= 0.6 is 15.9 Å². The highest BCUT2D eigenvalue weighted by atomic mass is 79.9. The van der Waals surface area contributed by atoms with Crippen molar-refractivity contribution in [2.24, 2.45) is 0 Å². The topological polar surface area (TPSA) is 36.4 Å². The van der Waals surface area contributed by atoms with Gasteiger partial charge < -0.3 is 10.0 Å². The molecule has 0 spiro atoms. The number of aromatic nitrogens is 1. The summed E-state index contributed by atoms with van der Waals surface area (Å²) in [6, 6.07) is 3.03. The number of hydrogen-bond donors (Lipinski definition) is 1. The summed E-state index contributed by atoms with van der Waals surface area (Å²) in [6.45, 7) is 4.50. The van der Waals surface area contributed by atoms with Crippen molar-refractivity contribution in [3.8, 4) is 0 Å². The van der Waals surface area contributed by atoms with E-state index >= 15 is 0 Å². The fourth-order valence-electron chi connectivity index (χ4n) is 2.68. The van der Waals surface area contributed by atoms with Gasteiger partial charge in [0.2, 0.25) is 0 Å². The molecule has 0 radical (unpaired) electrons. The largest absolute Gasteiger partial charge is 0.392 e. The average molecular weight is 299 g/mol. The van der Waals surface area contributed by atoms with Crippen LogP contribution in [0.5, 0.6) is 0 Å². The first-order chi connectivity index (χ1) is 8.17. The fraction of sp³-hybridized carbons (Fsp3) is 0.615. The van der Waals surface area contributed by atoms with Gasteiger partial charge in [-0.3, -0.25) is 0 Å². The molecule has 1 aromatic heterocycles. The van der Waals surface area contributed by atoms with Crippen molar-refractivity contribution in [2.45, 2.75) is 51.8 Å². The van der Waals surface area contributed by atoms with E-state index in [2.05, 4.69) is 39.7 Å². The second-order valence-corrected chi connectivity index (χ2v) is 5.61. The number of nitrogens with zero attached hydrogens (tertiary/aromatic N) is 2. The molecule has 1 aromatic rings. The molecule has 1 aliphatic rings. The molecule has 1 N–H and O–H groups in total. The first-order valence-electron chi connectivity index (χ1n) is 6.21. The molecule has 17 heavy (non-hydrogen) atoms. The maximum atomic E-state index is 9.46. The second-order valence-electron chi connectivity index (χ2n) is 4.69. The van der Waals surface area contributed by atoms with E-state index in [0.29, 0.717) is 12.1 Å². The van der Waals surface area contributed by atoms with E-state index in [-0.39, 0.29) is 6.61 Å². The maximum absolute atomic E-state index is 9.46. The van der Waals surface area contributed by atoms with E-state index in [1.807, 2.05) is 12.3 Å². The van der Waals surface area contributed by atoms with Gasteiger partial charge in [0.25, 0.3) is 0 Å². The number of aliphatic hydroxyl groups excluding tert-OH is 1. The molecule has 4 heteroatoms. The Morgan fingerprint density at radius 3 is 2.94 bits per heavy atom. The van der Waals surface area contributed by atoms with E-state index in [1.54, 1.807) is 0 Å². The molecule has 2 heterocycles. The highest BCUT2D eigenvalue weighted by Gasteiger charge is 2.31. The Morgan fingerprint density at radius 1 is 1.53 bits per heavy atom. The molecule has 0 aliphatic carbocycles. The summed E-state index contributed by atoms with van der Waals surface area (Å²) in [6.07, 6.45) is 5.38. The van der Waals surface area contributed by atoms with E-state index in [9.17, 15) is 5.11 Å². The van der Waals surface area contributed by atoms with Gasteiger partial charge in [0.15, 0.2) is 0 Å². The molecule has 0 saturated carbocycles. The summed E-state index contributed by atoms with van der Waals surface area (Å²) in [5, 5.41) is 9.46. The number of pyridine rings is 1. The Labute approximate surface area is 111 Å². The molecule has 94 valence electrons. The van der Waals surface area contributed by atoms with Crippen LogP contribution in [0.3, 0.4) is 0 Å². The summed E-state index contributed by atoms with van der Waals surface area (Å²) >= 11 is 3.40. The lowest BCUT2D eigenvalue weighted by molar-refractivity contribution is 0.281. The molecule has 0 aromatic carbocycles. The van der Waals surface area contributed by atoms with Crippen LogP contribution in [0.2, 0.25) is 0 Å². The van der Waals surface area contributed by atoms with Crippen molar-refractivity contribution in [3.05, 3.63) is 22.3 Å². The second kappa shape index (κ2) is 5.36. The molecule has 0 bridgehead atoms. The van der Waals surface area contributed by atoms with E-state index in [1.165, 1.54) is 12.8 Å². The molecule has 0 amide bonds. The highest BCUT2D eigenvalue weighted by molar-refractivity contribution is 9.10. The third-order valence-corrected chi connectivity index (χ3v) is 4.02. The lowest BCUT2D eigenvalue weighted by Crippen LogP contribution is -2.35. The maximum Gasteiger partial charge on any atom is 0.134 e. The zero-order valence-corrected chi connectivity index (χ0v) is 11.9. The summed E-state index contributed by atoms with van der Waals surface area (Å²) in [5.41, 5.74) is 0.909. The minimum atomic E-state index is 0.0431. The van der Waals surface area contributed by atoms with Crippen LogP contribution in [0.4, 0.5) is 5.82 Å². The first kappa shape index (κ1) is 12.8. The van der Waals surface area contributed by atoms with Crippen molar-refractivity contribution >= 4 is 21.7 Å². The summed E-state index contributed by atoms with van der Waals surface area (Å²) in [5.74, 6) is 0.951. The Hall–Kier alpha value is -0.610. The molecule has 2 rings (SSSR count). The predicted octanol–water partition coefficient (Wildman–Crippen LogP) is 3.10. The number of aliphatic hydroxyl groups is 1. The third-order valence-electron chi connectivity index (χ3n) is 3.58. The third kappa shape index (κ3) is 2.47. The summed E-state index contributed by atoms with van der Waals surface area (Å²) < 4.78 is 0.921. The van der Waals surface area contributed by atoms with Crippen LogP contribution in [0, 0.1) is 0 Å². The van der Waals surface area contributed by atoms with Crippen molar-refractivity contribution in [3.63, 3.8) is 0 Å². The lowest BCUT2D eigenvalue weighted by atomic mass is 10.1. The van der Waals surface area contributed by atoms with Gasteiger partial charge in [-0.05, 0) is 48.2 Å². The zero-order valence-electron chi connectivity index (χ0n) is 10.4. The Balaban J connectivity index is 2.38. The van der Waals surface area contributed by atoms with Gasteiger partial charge in [0.1, 0.15) is 5.82 Å². The summed E-state index contributed by atoms with van der Waals surface area (Å²) in [7, 11) is 0. The Morgan fingerprint density at radius 2 is 2.29 bits per heavy atom. The molecule has 2 atom stereocenters.